The first kappa shape index (κ1) is 16.9. The molecule has 0 aliphatic rings. The molecular formula is C14H26O4. The summed E-state index contributed by atoms with van der Waals surface area (Å²) < 4.78 is 9.96. The second-order valence-corrected chi connectivity index (χ2v) is 5.14. The van der Waals surface area contributed by atoms with Crippen molar-refractivity contribution in [2.24, 2.45) is 17.8 Å². The van der Waals surface area contributed by atoms with Gasteiger partial charge in [0.25, 0.3) is 0 Å². The summed E-state index contributed by atoms with van der Waals surface area (Å²) in [5, 5.41) is 0. The third-order valence-corrected chi connectivity index (χ3v) is 2.99. The molecule has 0 aliphatic heterocycles. The Bertz CT molecular complexity index is 251. The highest BCUT2D eigenvalue weighted by molar-refractivity contribution is 5.77. The molecule has 0 N–H and O–H groups in total. The maximum absolute atomic E-state index is 11.5. The zero-order valence-corrected chi connectivity index (χ0v) is 12.2. The van der Waals surface area contributed by atoms with E-state index in [9.17, 15) is 9.59 Å². The number of hydrogen-bond donors (Lipinski definition) is 0. The fourth-order valence-electron chi connectivity index (χ4n) is 1.85. The monoisotopic (exact) mass is 258 g/mol. The Morgan fingerprint density at radius 3 is 1.72 bits per heavy atom. The zero-order chi connectivity index (χ0) is 14.1. The van der Waals surface area contributed by atoms with Gasteiger partial charge in [-0.1, -0.05) is 27.7 Å². The molecule has 0 heterocycles. The normalized spacial score (nSPS) is 11.1. The third-order valence-electron chi connectivity index (χ3n) is 2.99. The lowest BCUT2D eigenvalue weighted by molar-refractivity contribution is -0.151. The van der Waals surface area contributed by atoms with Crippen molar-refractivity contribution in [3.05, 3.63) is 0 Å². The van der Waals surface area contributed by atoms with Gasteiger partial charge in [-0.2, -0.15) is 0 Å². The fraction of sp³-hybridized carbons (Fsp3) is 0.857. The fourth-order valence-corrected chi connectivity index (χ4v) is 1.85. The molecule has 4 heteroatoms. The largest absolute Gasteiger partial charge is 0.466 e. The molecule has 0 rings (SSSR count). The van der Waals surface area contributed by atoms with E-state index in [1.165, 1.54) is 0 Å². The summed E-state index contributed by atoms with van der Waals surface area (Å²) in [6.07, 6.45) is 0.197. The highest BCUT2D eigenvalue weighted by Gasteiger charge is 2.19. The average molecular weight is 258 g/mol. The van der Waals surface area contributed by atoms with Crippen LogP contribution >= 0.6 is 0 Å². The Morgan fingerprint density at radius 1 is 0.889 bits per heavy atom. The summed E-state index contributed by atoms with van der Waals surface area (Å²) in [6, 6.07) is 0. The molecule has 0 aromatic rings. The Labute approximate surface area is 110 Å². The molecule has 4 nitrogen and oxygen atoms in total. The minimum atomic E-state index is -0.348. The summed E-state index contributed by atoms with van der Waals surface area (Å²) in [4.78, 5) is 22.5. The molecule has 0 atom stereocenters. The van der Waals surface area contributed by atoms with Crippen LogP contribution in [0.5, 0.6) is 0 Å². The number of ether oxygens (including phenoxy) is 2. The van der Waals surface area contributed by atoms with Crippen molar-refractivity contribution in [1.82, 2.24) is 0 Å². The number of rotatable bonds is 8. The predicted octanol–water partition coefficient (Wildman–Crippen LogP) is 2.80. The van der Waals surface area contributed by atoms with Crippen molar-refractivity contribution in [2.75, 3.05) is 13.2 Å². The third kappa shape index (κ3) is 7.30. The molecule has 0 aliphatic carbocycles. The summed E-state index contributed by atoms with van der Waals surface area (Å²) in [5.74, 6) is 0.635. The van der Waals surface area contributed by atoms with Gasteiger partial charge < -0.3 is 9.47 Å². The van der Waals surface area contributed by atoms with Crippen molar-refractivity contribution >= 4 is 11.9 Å². The van der Waals surface area contributed by atoms with E-state index in [1.54, 1.807) is 6.92 Å². The maximum Gasteiger partial charge on any atom is 0.306 e. The molecule has 0 saturated heterocycles. The van der Waals surface area contributed by atoms with E-state index in [-0.39, 0.29) is 24.8 Å². The van der Waals surface area contributed by atoms with Gasteiger partial charge in [-0.15, -0.1) is 0 Å². The molecule has 0 unspecified atom stereocenters. The van der Waals surface area contributed by atoms with Gasteiger partial charge in [0, 0.05) is 0 Å². The lowest BCUT2D eigenvalue weighted by Gasteiger charge is -2.24. The van der Waals surface area contributed by atoms with E-state index < -0.39 is 0 Å². The average Bonchev–Trinajstić information content (AvgIpc) is 2.26. The van der Waals surface area contributed by atoms with Crippen molar-refractivity contribution in [1.29, 1.82) is 0 Å². The molecule has 0 bridgehead atoms. The van der Waals surface area contributed by atoms with Gasteiger partial charge in [-0.05, 0) is 24.7 Å². The smallest absolute Gasteiger partial charge is 0.306 e. The van der Waals surface area contributed by atoms with Crippen LogP contribution in [0.4, 0.5) is 0 Å². The molecule has 0 radical (unpaired) electrons. The van der Waals surface area contributed by atoms with Crippen LogP contribution in [0.1, 0.15) is 47.5 Å². The van der Waals surface area contributed by atoms with Crippen LogP contribution in [0.2, 0.25) is 0 Å². The second-order valence-electron chi connectivity index (χ2n) is 5.14. The van der Waals surface area contributed by atoms with E-state index in [0.717, 1.165) is 0 Å². The lowest BCUT2D eigenvalue weighted by Crippen LogP contribution is -2.23. The summed E-state index contributed by atoms with van der Waals surface area (Å²) in [7, 11) is 0. The van der Waals surface area contributed by atoms with E-state index in [0.29, 0.717) is 31.0 Å². The topological polar surface area (TPSA) is 52.6 Å². The molecule has 106 valence electrons. The van der Waals surface area contributed by atoms with E-state index in [1.807, 2.05) is 0 Å². The Balaban J connectivity index is 3.91. The van der Waals surface area contributed by atoms with Crippen molar-refractivity contribution in [3.63, 3.8) is 0 Å². The maximum atomic E-state index is 11.5. The van der Waals surface area contributed by atoms with Gasteiger partial charge in [0.2, 0.25) is 0 Å². The van der Waals surface area contributed by atoms with Crippen LogP contribution in [0.25, 0.3) is 0 Å². The van der Waals surface area contributed by atoms with Gasteiger partial charge in [-0.3, -0.25) is 9.59 Å². The summed E-state index contributed by atoms with van der Waals surface area (Å²) in [5.41, 5.74) is 0. The molecule has 0 saturated carbocycles. The van der Waals surface area contributed by atoms with E-state index >= 15 is 0 Å². The highest BCUT2D eigenvalue weighted by atomic mass is 16.5. The Kier molecular flexibility index (Phi) is 8.42. The number of esters is 2. The standard InChI is InChI=1S/C14H26O4/c1-6-17-13(15)7-8-14(16)18-9-12(10(2)3)11(4)5/h10-12H,6-9H2,1-5H3. The van der Waals surface area contributed by atoms with Gasteiger partial charge in [0.1, 0.15) is 0 Å². The zero-order valence-electron chi connectivity index (χ0n) is 12.2. The molecular weight excluding hydrogens is 232 g/mol. The van der Waals surface area contributed by atoms with Gasteiger partial charge in [0.05, 0.1) is 26.1 Å². The first-order chi connectivity index (χ1) is 8.38. The van der Waals surface area contributed by atoms with Crippen LogP contribution in [-0.4, -0.2) is 25.2 Å². The quantitative estimate of drug-likeness (QED) is 0.628. The number of carbonyl (C=O) groups excluding carboxylic acids is 2. The number of hydrogen-bond acceptors (Lipinski definition) is 4. The SMILES string of the molecule is CCOC(=O)CCC(=O)OCC(C(C)C)C(C)C. The molecule has 0 spiro atoms. The molecule has 0 aromatic heterocycles. The minimum Gasteiger partial charge on any atom is -0.466 e. The molecule has 0 fully saturated rings. The lowest BCUT2D eigenvalue weighted by atomic mass is 9.86. The van der Waals surface area contributed by atoms with Crippen molar-refractivity contribution < 1.29 is 19.1 Å². The predicted molar refractivity (Wildman–Crippen MR) is 70.0 cm³/mol. The first-order valence-corrected chi connectivity index (χ1v) is 6.69. The number of carbonyl (C=O) groups is 2. The molecule has 0 amide bonds. The van der Waals surface area contributed by atoms with Crippen molar-refractivity contribution in [2.45, 2.75) is 47.5 Å². The molecule has 18 heavy (non-hydrogen) atoms. The highest BCUT2D eigenvalue weighted by Crippen LogP contribution is 2.20. The van der Waals surface area contributed by atoms with E-state index in [4.69, 9.17) is 9.47 Å². The van der Waals surface area contributed by atoms with Gasteiger partial charge >= 0.3 is 11.9 Å². The summed E-state index contributed by atoms with van der Waals surface area (Å²) >= 11 is 0. The molecule has 0 aromatic carbocycles. The van der Waals surface area contributed by atoms with Gasteiger partial charge in [-0.25, -0.2) is 0 Å². The van der Waals surface area contributed by atoms with Crippen LogP contribution < -0.4 is 0 Å². The first-order valence-electron chi connectivity index (χ1n) is 6.69. The van der Waals surface area contributed by atoms with Crippen LogP contribution in [0.3, 0.4) is 0 Å². The summed E-state index contributed by atoms with van der Waals surface area (Å²) in [6.45, 7) is 11.0. The second kappa shape index (κ2) is 8.95. The Hall–Kier alpha value is -1.06. The van der Waals surface area contributed by atoms with Crippen molar-refractivity contribution in [3.8, 4) is 0 Å². The van der Waals surface area contributed by atoms with Crippen LogP contribution in [-0.2, 0) is 19.1 Å². The minimum absolute atomic E-state index is 0.0979. The van der Waals surface area contributed by atoms with Gasteiger partial charge in [0.15, 0.2) is 0 Å². The van der Waals surface area contributed by atoms with E-state index in [2.05, 4.69) is 27.7 Å². The van der Waals surface area contributed by atoms with Crippen LogP contribution in [0.15, 0.2) is 0 Å². The van der Waals surface area contributed by atoms with Crippen LogP contribution in [0, 0.1) is 17.8 Å². The Morgan fingerprint density at radius 2 is 1.33 bits per heavy atom.